The molecule has 1 saturated heterocycles. The van der Waals surface area contributed by atoms with Crippen LogP contribution in [0.5, 0.6) is 0 Å². The maximum Gasteiger partial charge on any atom is 0.0265 e. The van der Waals surface area contributed by atoms with Gasteiger partial charge < -0.3 is 5.32 Å². The molecule has 1 N–H and O–H groups in total. The average molecular weight is 196 g/mol. The van der Waals surface area contributed by atoms with Crippen LogP contribution in [0.1, 0.15) is 12.8 Å². The van der Waals surface area contributed by atoms with Crippen molar-refractivity contribution in [2.75, 3.05) is 24.8 Å². The molecule has 0 unspecified atom stereocenters. The molecule has 0 aromatic heterocycles. The molecule has 1 heterocycles. The van der Waals surface area contributed by atoms with Crippen molar-refractivity contribution in [2.24, 2.45) is 11.8 Å². The summed E-state index contributed by atoms with van der Waals surface area (Å²) >= 11 is 11.6. The van der Waals surface area contributed by atoms with Gasteiger partial charge in [-0.15, -0.1) is 23.2 Å². The van der Waals surface area contributed by atoms with E-state index in [-0.39, 0.29) is 0 Å². The summed E-state index contributed by atoms with van der Waals surface area (Å²) in [4.78, 5) is 0. The molecule has 0 saturated carbocycles. The summed E-state index contributed by atoms with van der Waals surface area (Å²) in [6.45, 7) is 2.27. The first-order valence-corrected chi connectivity index (χ1v) is 5.28. The third-order valence-corrected chi connectivity index (χ3v) is 3.24. The average Bonchev–Trinajstić information content (AvgIpc) is 2.09. The van der Waals surface area contributed by atoms with E-state index in [1.165, 1.54) is 12.8 Å². The fraction of sp³-hybridized carbons (Fsp3) is 1.00. The lowest BCUT2D eigenvalue weighted by Gasteiger charge is -2.27. The summed E-state index contributed by atoms with van der Waals surface area (Å²) in [5.41, 5.74) is 0. The molecule has 3 heteroatoms. The lowest BCUT2D eigenvalue weighted by Crippen LogP contribution is -2.32. The Balaban J connectivity index is 2.30. The van der Waals surface area contributed by atoms with Gasteiger partial charge in [-0.2, -0.15) is 0 Å². The van der Waals surface area contributed by atoms with Crippen LogP contribution in [0.15, 0.2) is 0 Å². The molecule has 11 heavy (non-hydrogen) atoms. The molecule has 1 fully saturated rings. The molecule has 66 valence electrons. The number of hydrogen-bond acceptors (Lipinski definition) is 1. The highest BCUT2D eigenvalue weighted by Crippen LogP contribution is 2.23. The number of alkyl halides is 2. The van der Waals surface area contributed by atoms with Gasteiger partial charge in [0.15, 0.2) is 0 Å². The van der Waals surface area contributed by atoms with E-state index >= 15 is 0 Å². The van der Waals surface area contributed by atoms with Crippen molar-refractivity contribution in [1.82, 2.24) is 5.32 Å². The van der Waals surface area contributed by atoms with Gasteiger partial charge in [0.05, 0.1) is 0 Å². The van der Waals surface area contributed by atoms with Gasteiger partial charge in [0.1, 0.15) is 0 Å². The van der Waals surface area contributed by atoms with E-state index in [1.54, 1.807) is 0 Å². The van der Waals surface area contributed by atoms with Crippen LogP contribution >= 0.6 is 23.2 Å². The minimum Gasteiger partial charge on any atom is -0.317 e. The molecule has 1 aliphatic heterocycles. The van der Waals surface area contributed by atoms with Gasteiger partial charge in [0.25, 0.3) is 0 Å². The Hall–Kier alpha value is 0.540. The second kappa shape index (κ2) is 5.23. The highest BCUT2D eigenvalue weighted by Gasteiger charge is 2.21. The highest BCUT2D eigenvalue weighted by atomic mass is 35.5. The van der Waals surface area contributed by atoms with Gasteiger partial charge in [-0.1, -0.05) is 0 Å². The Bertz CT molecular complexity index is 98.3. The van der Waals surface area contributed by atoms with Crippen LogP contribution in [0, 0.1) is 11.8 Å². The number of piperidine rings is 1. The maximum atomic E-state index is 5.80. The fourth-order valence-electron chi connectivity index (χ4n) is 1.61. The zero-order chi connectivity index (χ0) is 8.10. The molecule has 0 amide bonds. The van der Waals surface area contributed by atoms with Crippen molar-refractivity contribution >= 4 is 23.2 Å². The first kappa shape index (κ1) is 9.63. The molecule has 1 rings (SSSR count). The predicted octanol–water partition coefficient (Wildman–Crippen LogP) is 2.08. The quantitative estimate of drug-likeness (QED) is 0.681. The van der Waals surface area contributed by atoms with E-state index in [9.17, 15) is 0 Å². The number of rotatable bonds is 3. The van der Waals surface area contributed by atoms with E-state index in [0.29, 0.717) is 17.7 Å². The van der Waals surface area contributed by atoms with Crippen LogP contribution in [0.4, 0.5) is 0 Å². The lowest BCUT2D eigenvalue weighted by molar-refractivity contribution is 0.297. The van der Waals surface area contributed by atoms with Crippen molar-refractivity contribution < 1.29 is 0 Å². The second-order valence-electron chi connectivity index (χ2n) is 3.16. The Morgan fingerprint density at radius 3 is 2.18 bits per heavy atom. The molecule has 0 radical (unpaired) electrons. The molecule has 0 aliphatic carbocycles. The van der Waals surface area contributed by atoms with Crippen molar-refractivity contribution in [1.29, 1.82) is 0 Å². The molecule has 0 aromatic carbocycles. The van der Waals surface area contributed by atoms with Gasteiger partial charge in [0, 0.05) is 11.8 Å². The molecule has 0 bridgehead atoms. The minimum atomic E-state index is 0.528. The van der Waals surface area contributed by atoms with Crippen molar-refractivity contribution in [2.45, 2.75) is 12.8 Å². The van der Waals surface area contributed by atoms with Crippen molar-refractivity contribution in [3.63, 3.8) is 0 Å². The van der Waals surface area contributed by atoms with Crippen LogP contribution in [0.25, 0.3) is 0 Å². The molecular weight excluding hydrogens is 181 g/mol. The summed E-state index contributed by atoms with van der Waals surface area (Å²) in [5, 5.41) is 3.33. The predicted molar refractivity (Wildman–Crippen MR) is 50.5 cm³/mol. The first-order chi connectivity index (χ1) is 5.38. The molecular formula is C8H15Cl2N. The molecule has 1 nitrogen and oxygen atoms in total. The molecule has 1 aliphatic rings. The van der Waals surface area contributed by atoms with Gasteiger partial charge in [-0.3, -0.25) is 0 Å². The van der Waals surface area contributed by atoms with Gasteiger partial charge in [-0.25, -0.2) is 0 Å². The van der Waals surface area contributed by atoms with Crippen LogP contribution in [0.2, 0.25) is 0 Å². The van der Waals surface area contributed by atoms with Crippen LogP contribution < -0.4 is 5.32 Å². The second-order valence-corrected chi connectivity index (χ2v) is 3.77. The number of hydrogen-bond donors (Lipinski definition) is 1. The molecule has 0 atom stereocenters. The molecule has 0 aromatic rings. The SMILES string of the molecule is ClCC(CCl)C1CCNCC1. The molecule has 0 spiro atoms. The number of nitrogens with one attached hydrogen (secondary N) is 1. The Labute approximate surface area is 78.4 Å². The van der Waals surface area contributed by atoms with Crippen LogP contribution in [-0.4, -0.2) is 24.8 Å². The normalized spacial score (nSPS) is 21.0. The first-order valence-electron chi connectivity index (χ1n) is 4.21. The van der Waals surface area contributed by atoms with Crippen LogP contribution in [0.3, 0.4) is 0 Å². The zero-order valence-electron chi connectivity index (χ0n) is 6.65. The van der Waals surface area contributed by atoms with Gasteiger partial charge in [-0.05, 0) is 37.8 Å². The zero-order valence-corrected chi connectivity index (χ0v) is 8.17. The largest absolute Gasteiger partial charge is 0.317 e. The summed E-state index contributed by atoms with van der Waals surface area (Å²) in [7, 11) is 0. The Kier molecular flexibility index (Phi) is 4.58. The summed E-state index contributed by atoms with van der Waals surface area (Å²) < 4.78 is 0. The summed E-state index contributed by atoms with van der Waals surface area (Å²) in [6.07, 6.45) is 2.48. The summed E-state index contributed by atoms with van der Waals surface area (Å²) in [5.74, 6) is 2.72. The number of halogens is 2. The van der Waals surface area contributed by atoms with E-state index in [0.717, 1.165) is 19.0 Å². The topological polar surface area (TPSA) is 12.0 Å². The fourth-order valence-corrected chi connectivity index (χ4v) is 2.44. The van der Waals surface area contributed by atoms with Gasteiger partial charge in [0.2, 0.25) is 0 Å². The highest BCUT2D eigenvalue weighted by molar-refractivity contribution is 6.20. The van der Waals surface area contributed by atoms with E-state index in [4.69, 9.17) is 23.2 Å². The lowest BCUT2D eigenvalue weighted by atomic mass is 9.87. The van der Waals surface area contributed by atoms with E-state index in [1.807, 2.05) is 0 Å². The van der Waals surface area contributed by atoms with Crippen molar-refractivity contribution in [3.05, 3.63) is 0 Å². The smallest absolute Gasteiger partial charge is 0.0265 e. The Morgan fingerprint density at radius 2 is 1.73 bits per heavy atom. The van der Waals surface area contributed by atoms with Crippen molar-refractivity contribution in [3.8, 4) is 0 Å². The van der Waals surface area contributed by atoms with Crippen LogP contribution in [-0.2, 0) is 0 Å². The Morgan fingerprint density at radius 1 is 1.18 bits per heavy atom. The minimum absolute atomic E-state index is 0.528. The summed E-state index contributed by atoms with van der Waals surface area (Å²) in [6, 6.07) is 0. The van der Waals surface area contributed by atoms with E-state index < -0.39 is 0 Å². The third-order valence-electron chi connectivity index (χ3n) is 2.45. The maximum absolute atomic E-state index is 5.80. The van der Waals surface area contributed by atoms with E-state index in [2.05, 4.69) is 5.32 Å². The third kappa shape index (κ3) is 2.81. The van der Waals surface area contributed by atoms with Gasteiger partial charge >= 0.3 is 0 Å². The standard InChI is InChI=1S/C8H15Cl2N/c9-5-8(6-10)7-1-3-11-4-2-7/h7-8,11H,1-6H2. The monoisotopic (exact) mass is 195 g/mol.